The molecular weight excluding hydrogens is 234 g/mol. The van der Waals surface area contributed by atoms with Gasteiger partial charge < -0.3 is 10.1 Å². The van der Waals surface area contributed by atoms with Crippen molar-refractivity contribution in [3.8, 4) is 0 Å². The Balaban J connectivity index is 2.20. The number of ether oxygens (including phenoxy) is 1. The Labute approximate surface area is 120 Å². The molecule has 0 heterocycles. The molecular formula is C17H35NO. The Morgan fingerprint density at radius 3 is 2.26 bits per heavy atom. The smallest absolute Gasteiger partial charge is 0.0752 e. The lowest BCUT2D eigenvalue weighted by Gasteiger charge is -2.27. The molecule has 0 aromatic heterocycles. The molecule has 0 spiro atoms. The number of rotatable bonds is 13. The van der Waals surface area contributed by atoms with Crippen LogP contribution in [-0.2, 0) is 4.74 Å². The van der Waals surface area contributed by atoms with Crippen LogP contribution in [0, 0.1) is 5.92 Å². The molecule has 0 bridgehead atoms. The average molecular weight is 269 g/mol. The highest BCUT2D eigenvalue weighted by molar-refractivity contribution is 4.90. The molecule has 2 unspecified atom stereocenters. The Morgan fingerprint density at radius 2 is 1.68 bits per heavy atom. The molecule has 0 aromatic rings. The highest BCUT2D eigenvalue weighted by Crippen LogP contribution is 2.36. The molecule has 1 rings (SSSR count). The Morgan fingerprint density at radius 1 is 1.00 bits per heavy atom. The maximum Gasteiger partial charge on any atom is 0.0752 e. The number of hydrogen-bond acceptors (Lipinski definition) is 2. The van der Waals surface area contributed by atoms with Gasteiger partial charge in [-0.3, -0.25) is 0 Å². The zero-order chi connectivity index (χ0) is 13.9. The molecule has 1 aliphatic rings. The fraction of sp³-hybridized carbons (Fsp3) is 1.00. The van der Waals surface area contributed by atoms with Crippen LogP contribution in [0.3, 0.4) is 0 Å². The second-order valence-electron chi connectivity index (χ2n) is 6.15. The lowest BCUT2D eigenvalue weighted by molar-refractivity contribution is 0.0475. The van der Waals surface area contributed by atoms with Gasteiger partial charge in [0.05, 0.1) is 6.10 Å². The standard InChI is InChI=1S/C17H35NO/c1-4-6-7-8-9-10-11-16(18-14-5-2)17(19-3)15-12-13-15/h15-18H,4-14H2,1-3H3. The van der Waals surface area contributed by atoms with Crippen molar-refractivity contribution in [3.05, 3.63) is 0 Å². The normalized spacial score (nSPS) is 18.5. The SMILES string of the molecule is CCCCCCCCC(NCCC)C(OC)C1CC1. The predicted octanol–water partition coefficient (Wildman–Crippen LogP) is 4.53. The number of methoxy groups -OCH3 is 1. The van der Waals surface area contributed by atoms with Crippen LogP contribution < -0.4 is 5.32 Å². The minimum absolute atomic E-state index is 0.460. The topological polar surface area (TPSA) is 21.3 Å². The van der Waals surface area contributed by atoms with Crippen LogP contribution in [0.25, 0.3) is 0 Å². The van der Waals surface area contributed by atoms with Gasteiger partial charge in [-0.2, -0.15) is 0 Å². The Bertz CT molecular complexity index is 203. The van der Waals surface area contributed by atoms with Crippen LogP contribution in [0.2, 0.25) is 0 Å². The quantitative estimate of drug-likeness (QED) is 0.496. The van der Waals surface area contributed by atoms with Crippen LogP contribution in [0.15, 0.2) is 0 Å². The third-order valence-corrected chi connectivity index (χ3v) is 4.28. The maximum absolute atomic E-state index is 5.77. The summed E-state index contributed by atoms with van der Waals surface area (Å²) in [5, 5.41) is 3.72. The van der Waals surface area contributed by atoms with Crippen molar-refractivity contribution in [3.63, 3.8) is 0 Å². The fourth-order valence-corrected chi connectivity index (χ4v) is 2.97. The van der Waals surface area contributed by atoms with Gasteiger partial charge >= 0.3 is 0 Å². The molecule has 0 amide bonds. The first kappa shape index (κ1) is 17.0. The van der Waals surface area contributed by atoms with Gasteiger partial charge in [-0.1, -0.05) is 52.4 Å². The monoisotopic (exact) mass is 269 g/mol. The van der Waals surface area contributed by atoms with Gasteiger partial charge in [0.15, 0.2) is 0 Å². The van der Waals surface area contributed by atoms with Crippen molar-refractivity contribution in [2.75, 3.05) is 13.7 Å². The largest absolute Gasteiger partial charge is 0.380 e. The predicted molar refractivity (Wildman–Crippen MR) is 83.6 cm³/mol. The summed E-state index contributed by atoms with van der Waals surface area (Å²) in [6, 6.07) is 0.587. The molecule has 0 aromatic carbocycles. The van der Waals surface area contributed by atoms with E-state index in [1.54, 1.807) is 0 Å². The van der Waals surface area contributed by atoms with E-state index in [4.69, 9.17) is 4.74 Å². The molecule has 2 nitrogen and oxygen atoms in total. The van der Waals surface area contributed by atoms with E-state index in [1.807, 2.05) is 7.11 Å². The van der Waals surface area contributed by atoms with E-state index in [2.05, 4.69) is 19.2 Å². The second-order valence-corrected chi connectivity index (χ2v) is 6.15. The van der Waals surface area contributed by atoms with Crippen molar-refractivity contribution in [2.24, 2.45) is 5.92 Å². The molecule has 0 saturated heterocycles. The Kier molecular flexibility index (Phi) is 9.54. The van der Waals surface area contributed by atoms with E-state index in [9.17, 15) is 0 Å². The van der Waals surface area contributed by atoms with Crippen molar-refractivity contribution in [1.29, 1.82) is 0 Å². The molecule has 0 aliphatic heterocycles. The molecule has 2 heteroatoms. The maximum atomic E-state index is 5.77. The van der Waals surface area contributed by atoms with Crippen LogP contribution in [0.1, 0.15) is 78.1 Å². The van der Waals surface area contributed by atoms with Gasteiger partial charge in [-0.15, -0.1) is 0 Å². The molecule has 1 N–H and O–H groups in total. The van der Waals surface area contributed by atoms with Gasteiger partial charge in [-0.25, -0.2) is 0 Å². The third-order valence-electron chi connectivity index (χ3n) is 4.28. The van der Waals surface area contributed by atoms with Crippen molar-refractivity contribution in [2.45, 2.75) is 90.2 Å². The molecule has 1 aliphatic carbocycles. The van der Waals surface area contributed by atoms with E-state index in [0.717, 1.165) is 12.5 Å². The molecule has 114 valence electrons. The van der Waals surface area contributed by atoms with Crippen LogP contribution in [0.5, 0.6) is 0 Å². The summed E-state index contributed by atoms with van der Waals surface area (Å²) in [4.78, 5) is 0. The first-order valence-electron chi connectivity index (χ1n) is 8.59. The van der Waals surface area contributed by atoms with E-state index in [0.29, 0.717) is 12.1 Å². The van der Waals surface area contributed by atoms with Crippen molar-refractivity contribution >= 4 is 0 Å². The molecule has 1 fully saturated rings. The van der Waals surface area contributed by atoms with Gasteiger partial charge in [0.25, 0.3) is 0 Å². The summed E-state index contributed by atoms with van der Waals surface area (Å²) in [6.07, 6.45) is 14.0. The first-order chi connectivity index (χ1) is 9.33. The number of nitrogens with one attached hydrogen (secondary N) is 1. The van der Waals surface area contributed by atoms with E-state index in [1.165, 1.54) is 64.2 Å². The summed E-state index contributed by atoms with van der Waals surface area (Å²) in [7, 11) is 1.89. The van der Waals surface area contributed by atoms with Gasteiger partial charge in [0.1, 0.15) is 0 Å². The second kappa shape index (κ2) is 10.7. The highest BCUT2D eigenvalue weighted by atomic mass is 16.5. The highest BCUT2D eigenvalue weighted by Gasteiger charge is 2.36. The summed E-state index contributed by atoms with van der Waals surface area (Å²) >= 11 is 0. The Hall–Kier alpha value is -0.0800. The van der Waals surface area contributed by atoms with Gasteiger partial charge in [0.2, 0.25) is 0 Å². The van der Waals surface area contributed by atoms with Crippen molar-refractivity contribution in [1.82, 2.24) is 5.32 Å². The minimum atomic E-state index is 0.460. The zero-order valence-corrected chi connectivity index (χ0v) is 13.4. The summed E-state index contributed by atoms with van der Waals surface area (Å²) < 4.78 is 5.77. The van der Waals surface area contributed by atoms with Crippen molar-refractivity contribution < 1.29 is 4.74 Å². The van der Waals surface area contributed by atoms with Crippen LogP contribution in [0.4, 0.5) is 0 Å². The van der Waals surface area contributed by atoms with E-state index >= 15 is 0 Å². The van der Waals surface area contributed by atoms with E-state index in [-0.39, 0.29) is 0 Å². The molecule has 0 radical (unpaired) electrons. The molecule has 2 atom stereocenters. The number of unbranched alkanes of at least 4 members (excludes halogenated alkanes) is 5. The summed E-state index contributed by atoms with van der Waals surface area (Å²) in [6.45, 7) is 5.66. The summed E-state index contributed by atoms with van der Waals surface area (Å²) in [5.41, 5.74) is 0. The average Bonchev–Trinajstić information content (AvgIpc) is 3.24. The molecule has 19 heavy (non-hydrogen) atoms. The summed E-state index contributed by atoms with van der Waals surface area (Å²) in [5.74, 6) is 0.833. The zero-order valence-electron chi connectivity index (χ0n) is 13.4. The third kappa shape index (κ3) is 7.31. The first-order valence-corrected chi connectivity index (χ1v) is 8.59. The number of hydrogen-bond donors (Lipinski definition) is 1. The minimum Gasteiger partial charge on any atom is -0.380 e. The lowest BCUT2D eigenvalue weighted by atomic mass is 9.98. The van der Waals surface area contributed by atoms with Crippen LogP contribution in [-0.4, -0.2) is 25.8 Å². The molecule has 1 saturated carbocycles. The lowest BCUT2D eigenvalue weighted by Crippen LogP contribution is -2.42. The van der Waals surface area contributed by atoms with Gasteiger partial charge in [-0.05, 0) is 38.1 Å². The van der Waals surface area contributed by atoms with Gasteiger partial charge in [0, 0.05) is 13.2 Å². The fourth-order valence-electron chi connectivity index (χ4n) is 2.97. The van der Waals surface area contributed by atoms with Crippen LogP contribution >= 0.6 is 0 Å². The van der Waals surface area contributed by atoms with E-state index < -0.39 is 0 Å².